The van der Waals surface area contributed by atoms with Gasteiger partial charge in [-0.15, -0.1) is 0 Å². The fourth-order valence-corrected chi connectivity index (χ4v) is 3.77. The Bertz CT molecular complexity index is 625. The number of benzene rings is 1. The van der Waals surface area contributed by atoms with Gasteiger partial charge in [0.05, 0.1) is 19.3 Å². The van der Waals surface area contributed by atoms with Crippen LogP contribution in [0.25, 0.3) is 0 Å². The first-order chi connectivity index (χ1) is 13.8. The Morgan fingerprint density at radius 2 is 1.82 bits per heavy atom. The number of hydrogen-bond donors (Lipinski definition) is 2. The van der Waals surface area contributed by atoms with Gasteiger partial charge in [-0.3, -0.25) is 9.69 Å². The van der Waals surface area contributed by atoms with E-state index in [1.165, 1.54) is 5.56 Å². The van der Waals surface area contributed by atoms with Crippen LogP contribution in [0.4, 0.5) is 0 Å². The summed E-state index contributed by atoms with van der Waals surface area (Å²) in [6, 6.07) is 10.8. The van der Waals surface area contributed by atoms with Crippen molar-refractivity contribution in [2.75, 3.05) is 59.0 Å². The van der Waals surface area contributed by atoms with Crippen molar-refractivity contribution in [1.29, 1.82) is 0 Å². The summed E-state index contributed by atoms with van der Waals surface area (Å²) in [5.74, 6) is 0.812. The van der Waals surface area contributed by atoms with Gasteiger partial charge in [-0.1, -0.05) is 30.3 Å². The van der Waals surface area contributed by atoms with Crippen LogP contribution in [0.3, 0.4) is 0 Å². The molecule has 2 N–H and O–H groups in total. The molecular weight excluding hydrogens is 354 g/mol. The standard InChI is InChI=1S/C21H33N5O2/c1-2-22-21(24-17-20(27)26-10-6-7-11-26)23-16-19(18-8-4-3-5-9-18)25-12-14-28-15-13-25/h3-5,8-9,19H,2,6-7,10-17H2,1H3,(H2,22,23,24). The Balaban J connectivity index is 1.62. The lowest BCUT2D eigenvalue weighted by Crippen LogP contribution is -2.46. The van der Waals surface area contributed by atoms with E-state index in [1.54, 1.807) is 0 Å². The molecule has 7 heteroatoms. The van der Waals surface area contributed by atoms with Gasteiger partial charge in [0.15, 0.2) is 5.96 Å². The zero-order valence-corrected chi connectivity index (χ0v) is 16.9. The van der Waals surface area contributed by atoms with Crippen molar-refractivity contribution in [3.8, 4) is 0 Å². The molecule has 154 valence electrons. The average molecular weight is 388 g/mol. The number of nitrogens with one attached hydrogen (secondary N) is 2. The normalized spacial score (nSPS) is 19.5. The molecule has 1 aromatic rings. The number of morpholine rings is 1. The lowest BCUT2D eigenvalue weighted by atomic mass is 10.0. The third-order valence-electron chi connectivity index (χ3n) is 5.31. The number of nitrogens with zero attached hydrogens (tertiary/aromatic N) is 3. The van der Waals surface area contributed by atoms with Gasteiger partial charge < -0.3 is 20.3 Å². The minimum atomic E-state index is 0.113. The van der Waals surface area contributed by atoms with Gasteiger partial charge in [0.1, 0.15) is 6.54 Å². The highest BCUT2D eigenvalue weighted by Crippen LogP contribution is 2.21. The van der Waals surface area contributed by atoms with Gasteiger partial charge in [0.2, 0.25) is 5.91 Å². The summed E-state index contributed by atoms with van der Waals surface area (Å²) in [4.78, 5) is 21.2. The molecule has 2 fully saturated rings. The molecule has 0 radical (unpaired) electrons. The molecule has 1 amide bonds. The van der Waals surface area contributed by atoms with Crippen LogP contribution < -0.4 is 10.6 Å². The molecule has 7 nitrogen and oxygen atoms in total. The first kappa shape index (κ1) is 20.6. The fraction of sp³-hybridized carbons (Fsp3) is 0.619. The summed E-state index contributed by atoms with van der Waals surface area (Å²) in [5.41, 5.74) is 1.28. The van der Waals surface area contributed by atoms with Crippen LogP contribution in [0.1, 0.15) is 31.4 Å². The second-order valence-electron chi connectivity index (χ2n) is 7.24. The predicted octanol–water partition coefficient (Wildman–Crippen LogP) is 1.24. The van der Waals surface area contributed by atoms with E-state index < -0.39 is 0 Å². The summed E-state index contributed by atoms with van der Waals surface area (Å²) < 4.78 is 5.52. The second-order valence-corrected chi connectivity index (χ2v) is 7.24. The fourth-order valence-electron chi connectivity index (χ4n) is 3.77. The Kier molecular flexibility index (Phi) is 8.11. The van der Waals surface area contributed by atoms with Gasteiger partial charge in [0.25, 0.3) is 0 Å². The summed E-state index contributed by atoms with van der Waals surface area (Å²) in [6.45, 7) is 8.83. The molecule has 3 rings (SSSR count). The number of ether oxygens (including phenoxy) is 1. The van der Waals surface area contributed by atoms with Crippen LogP contribution in [0.2, 0.25) is 0 Å². The molecule has 1 atom stereocenters. The number of likely N-dealkylation sites (tertiary alicyclic amines) is 1. The predicted molar refractivity (Wildman–Crippen MR) is 111 cm³/mol. The number of carbonyl (C=O) groups is 1. The van der Waals surface area contributed by atoms with Gasteiger partial charge in [-0.25, -0.2) is 4.99 Å². The Hall–Kier alpha value is -2.12. The van der Waals surface area contributed by atoms with Crippen molar-refractivity contribution in [3.05, 3.63) is 35.9 Å². The molecule has 1 aromatic carbocycles. The van der Waals surface area contributed by atoms with E-state index in [9.17, 15) is 4.79 Å². The van der Waals surface area contributed by atoms with E-state index in [4.69, 9.17) is 4.74 Å². The first-order valence-electron chi connectivity index (χ1n) is 10.4. The minimum absolute atomic E-state index is 0.113. The SMILES string of the molecule is CCNC(=NCC(=O)N1CCCC1)NCC(c1ccccc1)N1CCOCC1. The Morgan fingerprint density at radius 3 is 2.50 bits per heavy atom. The Labute approximate surface area is 168 Å². The van der Waals surface area contributed by atoms with Crippen LogP contribution in [0, 0.1) is 0 Å². The monoisotopic (exact) mass is 387 g/mol. The van der Waals surface area contributed by atoms with E-state index in [-0.39, 0.29) is 18.5 Å². The van der Waals surface area contributed by atoms with Gasteiger partial charge in [0, 0.05) is 39.3 Å². The molecule has 0 aliphatic carbocycles. The van der Waals surface area contributed by atoms with Crippen LogP contribution in [-0.2, 0) is 9.53 Å². The lowest BCUT2D eigenvalue weighted by Gasteiger charge is -2.35. The average Bonchev–Trinajstić information content (AvgIpc) is 3.28. The summed E-state index contributed by atoms with van der Waals surface area (Å²) in [5, 5.41) is 6.71. The van der Waals surface area contributed by atoms with Crippen LogP contribution >= 0.6 is 0 Å². The number of carbonyl (C=O) groups excluding carboxylic acids is 1. The molecule has 0 bridgehead atoms. The van der Waals surface area contributed by atoms with Gasteiger partial charge >= 0.3 is 0 Å². The van der Waals surface area contributed by atoms with Crippen LogP contribution in [0.5, 0.6) is 0 Å². The molecule has 0 spiro atoms. The van der Waals surface area contributed by atoms with Crippen LogP contribution in [-0.4, -0.2) is 80.7 Å². The van der Waals surface area contributed by atoms with E-state index in [0.717, 1.165) is 65.3 Å². The van der Waals surface area contributed by atoms with E-state index in [1.807, 2.05) is 17.9 Å². The van der Waals surface area contributed by atoms with Crippen molar-refractivity contribution in [2.24, 2.45) is 4.99 Å². The number of hydrogen-bond acceptors (Lipinski definition) is 4. The lowest BCUT2D eigenvalue weighted by molar-refractivity contribution is -0.128. The maximum atomic E-state index is 12.3. The highest BCUT2D eigenvalue weighted by molar-refractivity contribution is 5.85. The molecular formula is C21H33N5O2. The smallest absolute Gasteiger partial charge is 0.244 e. The quantitative estimate of drug-likeness (QED) is 0.544. The summed E-state index contributed by atoms with van der Waals surface area (Å²) >= 11 is 0. The van der Waals surface area contributed by atoms with Crippen molar-refractivity contribution < 1.29 is 9.53 Å². The number of aliphatic imine (C=N–C) groups is 1. The molecule has 0 saturated carbocycles. The van der Waals surface area contributed by atoms with E-state index in [2.05, 4.69) is 44.8 Å². The van der Waals surface area contributed by atoms with Crippen LogP contribution in [0.15, 0.2) is 35.3 Å². The molecule has 2 aliphatic heterocycles. The minimum Gasteiger partial charge on any atom is -0.379 e. The number of rotatable bonds is 7. The molecule has 0 aromatic heterocycles. The maximum absolute atomic E-state index is 12.3. The Morgan fingerprint density at radius 1 is 1.11 bits per heavy atom. The third kappa shape index (κ3) is 5.94. The largest absolute Gasteiger partial charge is 0.379 e. The maximum Gasteiger partial charge on any atom is 0.244 e. The molecule has 2 heterocycles. The van der Waals surface area contributed by atoms with E-state index in [0.29, 0.717) is 5.96 Å². The second kappa shape index (κ2) is 11.0. The third-order valence-corrected chi connectivity index (χ3v) is 5.31. The molecule has 28 heavy (non-hydrogen) atoms. The van der Waals surface area contributed by atoms with Gasteiger partial charge in [-0.2, -0.15) is 0 Å². The zero-order valence-electron chi connectivity index (χ0n) is 16.9. The topological polar surface area (TPSA) is 69.2 Å². The van der Waals surface area contributed by atoms with Crippen molar-refractivity contribution in [1.82, 2.24) is 20.4 Å². The summed E-state index contributed by atoms with van der Waals surface area (Å²) in [6.07, 6.45) is 2.21. The van der Waals surface area contributed by atoms with Crippen molar-refractivity contribution in [3.63, 3.8) is 0 Å². The molecule has 2 saturated heterocycles. The molecule has 1 unspecified atom stereocenters. The summed E-state index contributed by atoms with van der Waals surface area (Å²) in [7, 11) is 0. The van der Waals surface area contributed by atoms with Gasteiger partial charge in [-0.05, 0) is 25.3 Å². The first-order valence-corrected chi connectivity index (χ1v) is 10.4. The molecule has 2 aliphatic rings. The highest BCUT2D eigenvalue weighted by Gasteiger charge is 2.23. The highest BCUT2D eigenvalue weighted by atomic mass is 16.5. The van der Waals surface area contributed by atoms with E-state index >= 15 is 0 Å². The van der Waals surface area contributed by atoms with Crippen molar-refractivity contribution in [2.45, 2.75) is 25.8 Å². The zero-order chi connectivity index (χ0) is 19.6. The number of amides is 1. The number of guanidine groups is 1. The van der Waals surface area contributed by atoms with Crippen molar-refractivity contribution >= 4 is 11.9 Å².